The summed E-state index contributed by atoms with van der Waals surface area (Å²) in [7, 11) is 1.48. The Morgan fingerprint density at radius 3 is 2.48 bits per heavy atom. The van der Waals surface area contributed by atoms with Gasteiger partial charge in [0.1, 0.15) is 5.70 Å². The number of hydrogen-bond acceptors (Lipinski definition) is 3. The zero-order valence-corrected chi connectivity index (χ0v) is 13.6. The van der Waals surface area contributed by atoms with Crippen LogP contribution >= 0.6 is 0 Å². The highest BCUT2D eigenvalue weighted by Gasteiger charge is 2.37. The van der Waals surface area contributed by atoms with Crippen molar-refractivity contribution in [3.8, 4) is 0 Å². The normalized spacial score (nSPS) is 15.2. The number of amides is 2. The summed E-state index contributed by atoms with van der Waals surface area (Å²) in [4.78, 5) is 33.7. The number of likely N-dealkylation sites (N-methyl/N-ethyl adjacent to an activating group) is 1. The number of carbonyl (C=O) groups is 2. The Morgan fingerprint density at radius 1 is 0.960 bits per heavy atom. The number of aromatic nitrogens is 1. The molecular formula is C20H15N3O2. The van der Waals surface area contributed by atoms with Gasteiger partial charge in [-0.05, 0) is 11.6 Å². The van der Waals surface area contributed by atoms with Crippen molar-refractivity contribution in [2.75, 3.05) is 7.05 Å². The Morgan fingerprint density at radius 2 is 1.68 bits per heavy atom. The van der Waals surface area contributed by atoms with Gasteiger partial charge in [-0.3, -0.25) is 14.5 Å². The zero-order valence-electron chi connectivity index (χ0n) is 13.6. The van der Waals surface area contributed by atoms with E-state index in [-0.39, 0.29) is 11.6 Å². The first kappa shape index (κ1) is 15.1. The molecule has 0 spiro atoms. The summed E-state index contributed by atoms with van der Waals surface area (Å²) in [5.74, 6) is -0.729. The van der Waals surface area contributed by atoms with E-state index in [0.29, 0.717) is 11.1 Å². The van der Waals surface area contributed by atoms with E-state index in [1.54, 1.807) is 12.4 Å². The highest BCUT2D eigenvalue weighted by Crippen LogP contribution is 2.33. The summed E-state index contributed by atoms with van der Waals surface area (Å²) >= 11 is 0. The van der Waals surface area contributed by atoms with E-state index < -0.39 is 5.91 Å². The van der Waals surface area contributed by atoms with Crippen LogP contribution in [0, 0.1) is 0 Å². The molecule has 0 fully saturated rings. The Labute approximate surface area is 144 Å². The summed E-state index contributed by atoms with van der Waals surface area (Å²) < 4.78 is 0. The number of nitrogens with zero attached hydrogens (tertiary/aromatic N) is 2. The van der Waals surface area contributed by atoms with Gasteiger partial charge in [0.25, 0.3) is 11.8 Å². The second-order valence-corrected chi connectivity index (χ2v) is 5.81. The molecule has 4 rings (SSSR count). The van der Waals surface area contributed by atoms with Crippen molar-refractivity contribution < 1.29 is 9.59 Å². The SMILES string of the molecule is CN1C(=O)C(N=Cc2ccccc2)=C(c2c[nH]c3ccccc23)C1=O. The van der Waals surface area contributed by atoms with Gasteiger partial charge in [-0.25, -0.2) is 4.99 Å². The Kier molecular flexibility index (Phi) is 3.54. The molecule has 122 valence electrons. The number of H-pyrrole nitrogens is 1. The van der Waals surface area contributed by atoms with Crippen molar-refractivity contribution in [2.24, 2.45) is 4.99 Å². The number of aliphatic imine (C=N–C) groups is 1. The lowest BCUT2D eigenvalue weighted by Gasteiger charge is -2.05. The predicted octanol–water partition coefficient (Wildman–Crippen LogP) is 3.00. The molecule has 1 aromatic heterocycles. The van der Waals surface area contributed by atoms with Crippen LogP contribution in [0.15, 0.2) is 71.5 Å². The van der Waals surface area contributed by atoms with E-state index in [9.17, 15) is 9.59 Å². The zero-order chi connectivity index (χ0) is 17.4. The molecular weight excluding hydrogens is 314 g/mol. The molecule has 5 heteroatoms. The first-order chi connectivity index (χ1) is 12.2. The molecule has 1 aliphatic heterocycles. The maximum atomic E-state index is 12.6. The second-order valence-electron chi connectivity index (χ2n) is 5.81. The molecule has 0 saturated carbocycles. The molecule has 0 radical (unpaired) electrons. The maximum absolute atomic E-state index is 12.6. The van der Waals surface area contributed by atoms with E-state index in [2.05, 4.69) is 9.98 Å². The van der Waals surface area contributed by atoms with Crippen LogP contribution in [0.25, 0.3) is 16.5 Å². The highest BCUT2D eigenvalue weighted by molar-refractivity contribution is 6.37. The number of rotatable bonds is 3. The lowest BCUT2D eigenvalue weighted by Crippen LogP contribution is -2.26. The Bertz CT molecular complexity index is 1050. The highest BCUT2D eigenvalue weighted by atomic mass is 16.2. The minimum atomic E-state index is -0.391. The van der Waals surface area contributed by atoms with Crippen molar-refractivity contribution >= 4 is 34.5 Å². The fourth-order valence-corrected chi connectivity index (χ4v) is 2.95. The molecule has 1 N–H and O–H groups in total. The molecule has 0 aliphatic carbocycles. The van der Waals surface area contributed by atoms with Gasteiger partial charge in [-0.2, -0.15) is 0 Å². The number of aromatic amines is 1. The number of nitrogens with one attached hydrogen (secondary N) is 1. The van der Waals surface area contributed by atoms with Gasteiger partial charge in [0.15, 0.2) is 0 Å². The van der Waals surface area contributed by atoms with Crippen LogP contribution in [0.2, 0.25) is 0 Å². The molecule has 0 bridgehead atoms. The summed E-state index contributed by atoms with van der Waals surface area (Å²) in [5, 5.41) is 0.890. The second kappa shape index (κ2) is 5.87. The largest absolute Gasteiger partial charge is 0.361 e. The Balaban J connectivity index is 1.88. The van der Waals surface area contributed by atoms with Crippen LogP contribution in [-0.4, -0.2) is 35.0 Å². The van der Waals surface area contributed by atoms with Crippen LogP contribution in [0.1, 0.15) is 11.1 Å². The lowest BCUT2D eigenvalue weighted by molar-refractivity contribution is -0.135. The number of fused-ring (bicyclic) bond motifs is 1. The molecule has 2 amide bonds. The summed E-state index contributed by atoms with van der Waals surface area (Å²) in [6, 6.07) is 17.1. The number of para-hydroxylation sites is 1. The quantitative estimate of drug-likeness (QED) is 0.593. The molecule has 0 atom stereocenters. The molecule has 2 aromatic carbocycles. The Hall–Kier alpha value is -3.47. The molecule has 0 unspecified atom stereocenters. The van der Waals surface area contributed by atoms with Crippen molar-refractivity contribution in [1.82, 2.24) is 9.88 Å². The summed E-state index contributed by atoms with van der Waals surface area (Å²) in [6.45, 7) is 0. The topological polar surface area (TPSA) is 65.5 Å². The van der Waals surface area contributed by atoms with Gasteiger partial charge in [-0.15, -0.1) is 0 Å². The molecule has 5 nitrogen and oxygen atoms in total. The van der Waals surface area contributed by atoms with E-state index in [0.717, 1.165) is 21.4 Å². The first-order valence-electron chi connectivity index (χ1n) is 7.89. The molecule has 0 saturated heterocycles. The van der Waals surface area contributed by atoms with E-state index in [4.69, 9.17) is 0 Å². The molecule has 3 aromatic rings. The van der Waals surface area contributed by atoms with Crippen molar-refractivity contribution in [3.63, 3.8) is 0 Å². The van der Waals surface area contributed by atoms with Crippen molar-refractivity contribution in [2.45, 2.75) is 0 Å². The lowest BCUT2D eigenvalue weighted by atomic mass is 10.0. The van der Waals surface area contributed by atoms with Crippen molar-refractivity contribution in [3.05, 3.63) is 77.6 Å². The third-order valence-electron chi connectivity index (χ3n) is 4.26. The fraction of sp³-hybridized carbons (Fsp3) is 0.0500. The third-order valence-corrected chi connectivity index (χ3v) is 4.26. The number of hydrogen-bond donors (Lipinski definition) is 1. The van der Waals surface area contributed by atoms with E-state index in [1.165, 1.54) is 7.05 Å². The van der Waals surface area contributed by atoms with Crippen LogP contribution in [0.5, 0.6) is 0 Å². The van der Waals surface area contributed by atoms with Crippen LogP contribution in [-0.2, 0) is 9.59 Å². The number of imide groups is 1. The first-order valence-corrected chi connectivity index (χ1v) is 7.89. The fourth-order valence-electron chi connectivity index (χ4n) is 2.95. The number of benzene rings is 2. The van der Waals surface area contributed by atoms with Gasteiger partial charge in [0.2, 0.25) is 0 Å². The van der Waals surface area contributed by atoms with Gasteiger partial charge in [0, 0.05) is 35.9 Å². The van der Waals surface area contributed by atoms with Gasteiger partial charge >= 0.3 is 0 Å². The molecule has 25 heavy (non-hydrogen) atoms. The van der Waals surface area contributed by atoms with Crippen molar-refractivity contribution in [1.29, 1.82) is 0 Å². The monoisotopic (exact) mass is 329 g/mol. The summed E-state index contributed by atoms with van der Waals surface area (Å²) in [6.07, 6.45) is 3.36. The predicted molar refractivity (Wildman–Crippen MR) is 97.0 cm³/mol. The minimum absolute atomic E-state index is 0.168. The average Bonchev–Trinajstić information content (AvgIpc) is 3.16. The van der Waals surface area contributed by atoms with Crippen LogP contribution in [0.4, 0.5) is 0 Å². The number of carbonyl (C=O) groups excluding carboxylic acids is 2. The van der Waals surface area contributed by atoms with Gasteiger partial charge < -0.3 is 4.98 Å². The molecule has 1 aliphatic rings. The third kappa shape index (κ3) is 2.46. The van der Waals surface area contributed by atoms with Gasteiger partial charge in [-0.1, -0.05) is 48.5 Å². The smallest absolute Gasteiger partial charge is 0.279 e. The molecule has 2 heterocycles. The minimum Gasteiger partial charge on any atom is -0.361 e. The van der Waals surface area contributed by atoms with Crippen LogP contribution in [0.3, 0.4) is 0 Å². The van der Waals surface area contributed by atoms with E-state index in [1.807, 2.05) is 54.6 Å². The van der Waals surface area contributed by atoms with E-state index >= 15 is 0 Å². The van der Waals surface area contributed by atoms with Crippen LogP contribution < -0.4 is 0 Å². The van der Waals surface area contributed by atoms with Gasteiger partial charge in [0.05, 0.1) is 5.57 Å². The maximum Gasteiger partial charge on any atom is 0.279 e. The summed E-state index contributed by atoms with van der Waals surface area (Å²) in [5.41, 5.74) is 2.96. The standard InChI is InChI=1S/C20H15N3O2/c1-23-19(24)17(15-12-21-16-10-6-5-9-14(15)16)18(20(23)25)22-11-13-7-3-2-4-8-13/h2-12,21H,1H3. The average molecular weight is 329 g/mol.